The molecule has 2 aliphatic carbocycles. The zero-order chi connectivity index (χ0) is 17.8. The second kappa shape index (κ2) is 7.32. The molecule has 0 saturated carbocycles. The summed E-state index contributed by atoms with van der Waals surface area (Å²) in [5.41, 5.74) is -1.52. The Morgan fingerprint density at radius 2 is 1.83 bits per heavy atom. The van der Waals surface area contributed by atoms with Crippen molar-refractivity contribution in [2.75, 3.05) is 0 Å². The van der Waals surface area contributed by atoms with Crippen LogP contribution in [0.15, 0.2) is 23.8 Å². The summed E-state index contributed by atoms with van der Waals surface area (Å²) in [5, 5.41) is 10.2. The minimum absolute atomic E-state index is 0.0189. The molecule has 1 N–H and O–H groups in total. The highest BCUT2D eigenvalue weighted by atomic mass is 28.4. The van der Waals surface area contributed by atoms with Crippen molar-refractivity contribution in [3.8, 4) is 23.7 Å². The van der Waals surface area contributed by atoms with Crippen molar-refractivity contribution in [3.63, 3.8) is 0 Å². The van der Waals surface area contributed by atoms with Gasteiger partial charge in [-0.3, -0.25) is 9.59 Å². The molecule has 2 aliphatic rings. The summed E-state index contributed by atoms with van der Waals surface area (Å²) < 4.78 is 6.41. The summed E-state index contributed by atoms with van der Waals surface area (Å²) >= 11 is 0. The van der Waals surface area contributed by atoms with E-state index in [1.807, 2.05) is 0 Å². The Labute approximate surface area is 144 Å². The van der Waals surface area contributed by atoms with Gasteiger partial charge in [-0.25, -0.2) is 0 Å². The molecular formula is C19H22O4Si. The number of ketones is 2. The molecule has 0 saturated heterocycles. The molecule has 0 radical (unpaired) electrons. The van der Waals surface area contributed by atoms with Crippen molar-refractivity contribution in [1.82, 2.24) is 0 Å². The molecule has 2 bridgehead atoms. The lowest BCUT2D eigenvalue weighted by Crippen LogP contribution is -2.55. The second-order valence-corrected chi connectivity index (χ2v) is 10.7. The van der Waals surface area contributed by atoms with Crippen molar-refractivity contribution in [1.29, 1.82) is 0 Å². The van der Waals surface area contributed by atoms with Gasteiger partial charge in [0.1, 0.15) is 6.10 Å². The molecule has 0 unspecified atom stereocenters. The van der Waals surface area contributed by atoms with Gasteiger partial charge in [0, 0.05) is 5.57 Å². The van der Waals surface area contributed by atoms with E-state index in [9.17, 15) is 14.7 Å². The number of fused-ring (bicyclic) bond motifs is 2. The molecule has 0 aliphatic heterocycles. The van der Waals surface area contributed by atoms with Crippen molar-refractivity contribution in [2.45, 2.75) is 57.0 Å². The van der Waals surface area contributed by atoms with Crippen LogP contribution < -0.4 is 0 Å². The van der Waals surface area contributed by atoms with Crippen LogP contribution in [0.2, 0.25) is 18.1 Å². The van der Waals surface area contributed by atoms with Crippen molar-refractivity contribution in [2.24, 2.45) is 0 Å². The van der Waals surface area contributed by atoms with Gasteiger partial charge >= 0.3 is 0 Å². The summed E-state index contributed by atoms with van der Waals surface area (Å²) in [6.45, 7) is 6.15. The molecular weight excluding hydrogens is 320 g/mol. The molecule has 2 atom stereocenters. The first kappa shape index (κ1) is 18.4. The fraction of sp³-hybridized carbons (Fsp3) is 0.474. The van der Waals surface area contributed by atoms with Gasteiger partial charge in [-0.15, -0.1) is 0 Å². The van der Waals surface area contributed by atoms with Gasteiger partial charge in [-0.2, -0.15) is 0 Å². The van der Waals surface area contributed by atoms with E-state index in [0.29, 0.717) is 0 Å². The first-order chi connectivity index (χ1) is 11.4. The SMILES string of the molecule is CC[Si](CC)(CC)O[C@@]12C#C/C=C\C#C[C@H](O)C(=CC(=O)C1)C2=O. The average molecular weight is 342 g/mol. The van der Waals surface area contributed by atoms with Crippen LogP contribution in [0, 0.1) is 23.7 Å². The molecule has 4 nitrogen and oxygen atoms in total. The highest BCUT2D eigenvalue weighted by Crippen LogP contribution is 2.35. The van der Waals surface area contributed by atoms with E-state index in [4.69, 9.17) is 4.43 Å². The number of Topliss-reactive ketones (excluding diaryl/α,β-unsaturated/α-hetero) is 1. The number of allylic oxidation sites excluding steroid dienone is 3. The maximum atomic E-state index is 13.1. The Morgan fingerprint density at radius 1 is 1.21 bits per heavy atom. The Hall–Kier alpha value is -1.92. The number of carbonyl (C=O) groups excluding carboxylic acids is 2. The van der Waals surface area contributed by atoms with Crippen molar-refractivity contribution >= 4 is 19.9 Å². The Morgan fingerprint density at radius 3 is 2.46 bits per heavy atom. The lowest BCUT2D eigenvalue weighted by molar-refractivity contribution is -0.134. The van der Waals surface area contributed by atoms with Gasteiger partial charge in [0.15, 0.2) is 19.7 Å². The Kier molecular flexibility index (Phi) is 5.61. The third-order valence-corrected chi connectivity index (χ3v) is 9.38. The van der Waals surface area contributed by atoms with Gasteiger partial charge < -0.3 is 9.53 Å². The molecule has 126 valence electrons. The van der Waals surface area contributed by atoms with Crippen molar-refractivity contribution in [3.05, 3.63) is 23.8 Å². The molecule has 2 rings (SSSR count). The van der Waals surface area contributed by atoms with Gasteiger partial charge in [0.2, 0.25) is 5.78 Å². The van der Waals surface area contributed by atoms with Crippen LogP contribution in [-0.2, 0) is 14.0 Å². The molecule has 0 fully saturated rings. The van der Waals surface area contributed by atoms with E-state index in [-0.39, 0.29) is 17.8 Å². The van der Waals surface area contributed by atoms with E-state index in [2.05, 4.69) is 44.5 Å². The van der Waals surface area contributed by atoms with E-state index in [1.165, 1.54) is 18.2 Å². The zero-order valence-electron chi connectivity index (χ0n) is 14.3. The van der Waals surface area contributed by atoms with Crippen LogP contribution in [0.25, 0.3) is 0 Å². The number of aliphatic hydroxyl groups is 1. The monoisotopic (exact) mass is 342 g/mol. The van der Waals surface area contributed by atoms with Crippen LogP contribution >= 0.6 is 0 Å². The topological polar surface area (TPSA) is 63.6 Å². The van der Waals surface area contributed by atoms with Crippen LogP contribution in [0.4, 0.5) is 0 Å². The molecule has 0 aromatic rings. The van der Waals surface area contributed by atoms with Gasteiger partial charge in [-0.05, 0) is 36.4 Å². The first-order valence-corrected chi connectivity index (χ1v) is 10.8. The summed E-state index contributed by atoms with van der Waals surface area (Å²) in [4.78, 5) is 25.3. The number of aliphatic hydroxyl groups excluding tert-OH is 1. The third-order valence-electron chi connectivity index (χ3n) is 4.73. The maximum Gasteiger partial charge on any atom is 0.206 e. The maximum absolute atomic E-state index is 13.1. The second-order valence-electron chi connectivity index (χ2n) is 6.04. The minimum Gasteiger partial charge on any atom is -0.394 e. The normalized spacial score (nSPS) is 27.3. The quantitative estimate of drug-likeness (QED) is 0.614. The van der Waals surface area contributed by atoms with Crippen LogP contribution in [0.5, 0.6) is 0 Å². The number of hydrogen-bond donors (Lipinski definition) is 1. The molecule has 0 heterocycles. The lowest BCUT2D eigenvalue weighted by atomic mass is 9.81. The Balaban J connectivity index is 2.60. The largest absolute Gasteiger partial charge is 0.394 e. The zero-order valence-corrected chi connectivity index (χ0v) is 15.3. The summed E-state index contributed by atoms with van der Waals surface area (Å²) in [6.07, 6.45) is 2.80. The molecule has 5 heteroatoms. The summed E-state index contributed by atoms with van der Waals surface area (Å²) in [6, 6.07) is 2.51. The van der Waals surface area contributed by atoms with Gasteiger partial charge in [0.25, 0.3) is 0 Å². The van der Waals surface area contributed by atoms with E-state index in [0.717, 1.165) is 18.1 Å². The average Bonchev–Trinajstić information content (AvgIpc) is 2.58. The van der Waals surface area contributed by atoms with Crippen LogP contribution in [-0.4, -0.2) is 36.7 Å². The standard InChI is InChI=1S/C19H22O4Si/c1-4-24(5-2,6-3)23-19-12-10-8-7-9-11-17(21)16(18(19)22)13-15(20)14-19/h7-8,13,17,21H,4-6,14H2,1-3H3/b8-7-/t17-,19-/m0/s1. The van der Waals surface area contributed by atoms with Crippen LogP contribution in [0.3, 0.4) is 0 Å². The van der Waals surface area contributed by atoms with E-state index < -0.39 is 25.8 Å². The van der Waals surface area contributed by atoms with Gasteiger partial charge in [-0.1, -0.05) is 44.5 Å². The highest BCUT2D eigenvalue weighted by molar-refractivity contribution is 6.74. The molecule has 0 aromatic carbocycles. The van der Waals surface area contributed by atoms with E-state index in [1.54, 1.807) is 0 Å². The first-order valence-electron chi connectivity index (χ1n) is 8.28. The predicted octanol–water partition coefficient (Wildman–Crippen LogP) is 2.15. The third kappa shape index (κ3) is 3.44. The smallest absolute Gasteiger partial charge is 0.206 e. The highest BCUT2D eigenvalue weighted by Gasteiger charge is 2.50. The number of hydrogen-bond acceptors (Lipinski definition) is 4. The fourth-order valence-corrected chi connectivity index (χ4v) is 5.93. The van der Waals surface area contributed by atoms with Crippen molar-refractivity contribution < 1.29 is 19.1 Å². The number of rotatable bonds is 5. The van der Waals surface area contributed by atoms with Gasteiger partial charge in [0.05, 0.1) is 6.42 Å². The fourth-order valence-electron chi connectivity index (χ4n) is 3.04. The molecule has 24 heavy (non-hydrogen) atoms. The molecule has 0 spiro atoms. The number of carbonyl (C=O) groups is 2. The summed E-state index contributed by atoms with van der Waals surface area (Å²) in [5.74, 6) is 10.1. The minimum atomic E-state index is -2.20. The molecule has 0 amide bonds. The molecule has 0 aromatic heterocycles. The van der Waals surface area contributed by atoms with E-state index >= 15 is 0 Å². The lowest BCUT2D eigenvalue weighted by Gasteiger charge is -2.40. The predicted molar refractivity (Wildman–Crippen MR) is 94.4 cm³/mol. The Bertz CT molecular complexity index is 714. The van der Waals surface area contributed by atoms with Crippen LogP contribution in [0.1, 0.15) is 27.2 Å². The summed E-state index contributed by atoms with van der Waals surface area (Å²) in [7, 11) is -2.20.